The van der Waals surface area contributed by atoms with E-state index in [1.54, 1.807) is 0 Å². The van der Waals surface area contributed by atoms with Crippen molar-refractivity contribution in [1.29, 1.82) is 0 Å². The molecule has 2 aliphatic heterocycles. The molecule has 2 fully saturated rings. The third-order valence-corrected chi connectivity index (χ3v) is 5.07. The monoisotopic (exact) mass is 262 g/mol. The number of sulfonamides is 1. The van der Waals surface area contributed by atoms with E-state index in [9.17, 15) is 8.42 Å². The highest BCUT2D eigenvalue weighted by Gasteiger charge is 2.33. The predicted molar refractivity (Wildman–Crippen MR) is 66.4 cm³/mol. The Morgan fingerprint density at radius 1 is 1.47 bits per heavy atom. The normalized spacial score (nSPS) is 35.0. The smallest absolute Gasteiger partial charge is 0.213 e. The van der Waals surface area contributed by atoms with Gasteiger partial charge in [0.05, 0.1) is 17.9 Å². The third-order valence-electron chi connectivity index (χ3n) is 3.42. The first-order chi connectivity index (χ1) is 7.99. The SMILES string of the molecule is CC1(NS(=O)(=O)CC2CCCN2)CCCOC1. The molecule has 17 heavy (non-hydrogen) atoms. The Balaban J connectivity index is 1.91. The molecule has 2 saturated heterocycles. The fourth-order valence-electron chi connectivity index (χ4n) is 2.60. The van der Waals surface area contributed by atoms with Crippen LogP contribution in [0, 0.1) is 0 Å². The number of hydrogen-bond donors (Lipinski definition) is 2. The van der Waals surface area contributed by atoms with Gasteiger partial charge in [-0.05, 0) is 39.2 Å². The molecule has 0 amide bonds. The summed E-state index contributed by atoms with van der Waals surface area (Å²) in [7, 11) is -3.22. The second-order valence-electron chi connectivity index (χ2n) is 5.39. The molecular formula is C11H22N2O3S. The topological polar surface area (TPSA) is 67.4 Å². The van der Waals surface area contributed by atoms with E-state index >= 15 is 0 Å². The average molecular weight is 262 g/mol. The molecule has 0 aromatic carbocycles. The van der Waals surface area contributed by atoms with Crippen molar-refractivity contribution in [3.05, 3.63) is 0 Å². The van der Waals surface area contributed by atoms with Gasteiger partial charge in [0.25, 0.3) is 0 Å². The lowest BCUT2D eigenvalue weighted by Gasteiger charge is -2.34. The largest absolute Gasteiger partial charge is 0.380 e. The van der Waals surface area contributed by atoms with Gasteiger partial charge in [-0.25, -0.2) is 13.1 Å². The van der Waals surface area contributed by atoms with Gasteiger partial charge in [0.2, 0.25) is 10.0 Å². The van der Waals surface area contributed by atoms with Crippen molar-refractivity contribution >= 4 is 10.0 Å². The molecule has 0 saturated carbocycles. The van der Waals surface area contributed by atoms with Crippen molar-refractivity contribution in [2.45, 2.75) is 44.2 Å². The van der Waals surface area contributed by atoms with Crippen molar-refractivity contribution in [3.63, 3.8) is 0 Å². The van der Waals surface area contributed by atoms with Gasteiger partial charge in [-0.2, -0.15) is 0 Å². The van der Waals surface area contributed by atoms with Crippen molar-refractivity contribution in [3.8, 4) is 0 Å². The molecule has 2 heterocycles. The molecule has 0 radical (unpaired) electrons. The molecule has 100 valence electrons. The van der Waals surface area contributed by atoms with E-state index < -0.39 is 15.6 Å². The zero-order valence-electron chi connectivity index (χ0n) is 10.4. The lowest BCUT2D eigenvalue weighted by atomic mass is 9.97. The maximum Gasteiger partial charge on any atom is 0.213 e. The standard InChI is InChI=1S/C11H22N2O3S/c1-11(5-3-7-16-9-11)13-17(14,15)8-10-4-2-6-12-10/h10,12-13H,2-9H2,1H3. The summed E-state index contributed by atoms with van der Waals surface area (Å²) < 4.78 is 32.3. The molecule has 0 aliphatic carbocycles. The fourth-order valence-corrected chi connectivity index (χ4v) is 4.40. The van der Waals surface area contributed by atoms with Crippen molar-refractivity contribution in [2.75, 3.05) is 25.5 Å². The van der Waals surface area contributed by atoms with Crippen LogP contribution in [0.4, 0.5) is 0 Å². The van der Waals surface area contributed by atoms with Crippen LogP contribution < -0.4 is 10.0 Å². The molecule has 2 atom stereocenters. The van der Waals surface area contributed by atoms with Crippen molar-refractivity contribution < 1.29 is 13.2 Å². The summed E-state index contributed by atoms with van der Waals surface area (Å²) in [6.45, 7) is 4.07. The van der Waals surface area contributed by atoms with E-state index in [1.807, 2.05) is 6.92 Å². The van der Waals surface area contributed by atoms with Crippen LogP contribution in [-0.4, -0.2) is 45.5 Å². The minimum absolute atomic E-state index is 0.112. The van der Waals surface area contributed by atoms with Crippen LogP contribution >= 0.6 is 0 Å². The molecule has 0 spiro atoms. The highest BCUT2D eigenvalue weighted by Crippen LogP contribution is 2.20. The summed E-state index contributed by atoms with van der Waals surface area (Å²) >= 11 is 0. The van der Waals surface area contributed by atoms with E-state index in [0.29, 0.717) is 6.61 Å². The summed E-state index contributed by atoms with van der Waals surface area (Å²) in [5, 5.41) is 3.21. The van der Waals surface area contributed by atoms with E-state index in [1.165, 1.54) is 0 Å². The highest BCUT2D eigenvalue weighted by atomic mass is 32.2. The van der Waals surface area contributed by atoms with Gasteiger partial charge in [0.15, 0.2) is 0 Å². The molecule has 0 aromatic rings. The van der Waals surface area contributed by atoms with Gasteiger partial charge in [0.1, 0.15) is 0 Å². The number of rotatable bonds is 4. The second-order valence-corrected chi connectivity index (χ2v) is 7.16. The van der Waals surface area contributed by atoms with Gasteiger partial charge in [-0.15, -0.1) is 0 Å². The maximum atomic E-state index is 12.1. The molecule has 2 rings (SSSR count). The molecule has 2 unspecified atom stereocenters. The van der Waals surface area contributed by atoms with Crippen molar-refractivity contribution in [1.82, 2.24) is 10.0 Å². The summed E-state index contributed by atoms with van der Waals surface area (Å²) in [5.41, 5.74) is -0.421. The Morgan fingerprint density at radius 2 is 2.29 bits per heavy atom. The van der Waals surface area contributed by atoms with Crippen LogP contribution in [0.2, 0.25) is 0 Å². The van der Waals surface area contributed by atoms with Gasteiger partial charge in [-0.3, -0.25) is 0 Å². The van der Waals surface area contributed by atoms with Gasteiger partial charge in [0, 0.05) is 12.6 Å². The molecule has 6 heteroatoms. The molecule has 0 bridgehead atoms. The summed E-state index contributed by atoms with van der Waals surface area (Å²) in [6, 6.07) is 0.112. The van der Waals surface area contributed by atoms with Gasteiger partial charge >= 0.3 is 0 Å². The summed E-state index contributed by atoms with van der Waals surface area (Å²) in [4.78, 5) is 0. The zero-order valence-corrected chi connectivity index (χ0v) is 11.2. The number of nitrogens with one attached hydrogen (secondary N) is 2. The highest BCUT2D eigenvalue weighted by molar-refractivity contribution is 7.89. The zero-order chi connectivity index (χ0) is 12.4. The maximum absolute atomic E-state index is 12.1. The van der Waals surface area contributed by atoms with E-state index in [4.69, 9.17) is 4.74 Å². The molecule has 2 N–H and O–H groups in total. The van der Waals surface area contributed by atoms with Crippen LogP contribution in [0.3, 0.4) is 0 Å². The Bertz CT molecular complexity index is 344. The van der Waals surface area contributed by atoms with Gasteiger partial charge < -0.3 is 10.1 Å². The first-order valence-electron chi connectivity index (χ1n) is 6.32. The number of hydrogen-bond acceptors (Lipinski definition) is 4. The Labute approximate surface area is 103 Å². The second kappa shape index (κ2) is 5.22. The molecule has 2 aliphatic rings. The van der Waals surface area contributed by atoms with Crippen LogP contribution in [0.25, 0.3) is 0 Å². The summed E-state index contributed by atoms with van der Waals surface area (Å²) in [6.07, 6.45) is 3.79. The van der Waals surface area contributed by atoms with Crippen LogP contribution in [0.1, 0.15) is 32.6 Å². The first kappa shape index (κ1) is 13.3. The summed E-state index contributed by atoms with van der Waals surface area (Å²) in [5.74, 6) is 0.183. The first-order valence-corrected chi connectivity index (χ1v) is 7.97. The number of ether oxygens (including phenoxy) is 1. The quantitative estimate of drug-likeness (QED) is 0.761. The Hall–Kier alpha value is -0.170. The Kier molecular flexibility index (Phi) is 4.07. The average Bonchev–Trinajstić information content (AvgIpc) is 2.68. The molecular weight excluding hydrogens is 240 g/mol. The minimum Gasteiger partial charge on any atom is -0.380 e. The molecule has 0 aromatic heterocycles. The lowest BCUT2D eigenvalue weighted by molar-refractivity contribution is 0.0386. The van der Waals surface area contributed by atoms with E-state index in [0.717, 1.165) is 38.8 Å². The van der Waals surface area contributed by atoms with E-state index in [2.05, 4.69) is 10.0 Å². The van der Waals surface area contributed by atoms with Crippen molar-refractivity contribution in [2.24, 2.45) is 0 Å². The lowest BCUT2D eigenvalue weighted by Crippen LogP contribution is -2.53. The predicted octanol–water partition coefficient (Wildman–Crippen LogP) is 0.227. The van der Waals surface area contributed by atoms with Crippen LogP contribution in [0.5, 0.6) is 0 Å². The minimum atomic E-state index is -3.22. The van der Waals surface area contributed by atoms with Gasteiger partial charge in [-0.1, -0.05) is 0 Å². The third kappa shape index (κ3) is 3.91. The molecule has 5 nitrogen and oxygen atoms in total. The Morgan fingerprint density at radius 3 is 2.88 bits per heavy atom. The van der Waals surface area contributed by atoms with Crippen LogP contribution in [0.15, 0.2) is 0 Å². The van der Waals surface area contributed by atoms with E-state index in [-0.39, 0.29) is 11.8 Å². The van der Waals surface area contributed by atoms with Crippen LogP contribution in [-0.2, 0) is 14.8 Å². The fraction of sp³-hybridized carbons (Fsp3) is 1.00.